The first-order valence-electron chi connectivity index (χ1n) is 8.96. The van der Waals surface area contributed by atoms with E-state index >= 15 is 0 Å². The summed E-state index contributed by atoms with van der Waals surface area (Å²) in [5.74, 6) is 0.516. The summed E-state index contributed by atoms with van der Waals surface area (Å²) in [5.41, 5.74) is 2.52. The van der Waals surface area contributed by atoms with Crippen molar-refractivity contribution in [2.75, 3.05) is 25.0 Å². The van der Waals surface area contributed by atoms with Crippen LogP contribution in [0.25, 0.3) is 5.69 Å². The van der Waals surface area contributed by atoms with Crippen LogP contribution < -0.4 is 16.0 Å². The second kappa shape index (κ2) is 9.73. The van der Waals surface area contributed by atoms with E-state index < -0.39 is 0 Å². The van der Waals surface area contributed by atoms with E-state index in [4.69, 9.17) is 5.26 Å². The molecule has 0 radical (unpaired) electrons. The standard InChI is InChI=1S/C20H21N7O/c21-13-17-5-4-9-22-19(17)23-11-12-25-20(28)24-10-8-16-14-26-27(15-16)18-6-2-1-3-7-18/h1-7,9,14-15H,8,10-12H2,(H,22,23)(H2,24,25,28). The Morgan fingerprint density at radius 1 is 1.07 bits per heavy atom. The molecule has 142 valence electrons. The Labute approximate surface area is 163 Å². The van der Waals surface area contributed by atoms with Crippen molar-refractivity contribution >= 4 is 11.8 Å². The first kappa shape index (κ1) is 18.9. The lowest BCUT2D eigenvalue weighted by molar-refractivity contribution is 0.241. The molecular weight excluding hydrogens is 354 g/mol. The highest BCUT2D eigenvalue weighted by molar-refractivity contribution is 5.73. The number of hydrogen-bond donors (Lipinski definition) is 3. The monoisotopic (exact) mass is 375 g/mol. The van der Waals surface area contributed by atoms with Gasteiger partial charge in [-0.15, -0.1) is 0 Å². The Morgan fingerprint density at radius 2 is 1.89 bits per heavy atom. The molecule has 8 nitrogen and oxygen atoms in total. The molecular formula is C20H21N7O. The number of nitrogens with zero attached hydrogens (tertiary/aromatic N) is 4. The number of pyridine rings is 1. The largest absolute Gasteiger partial charge is 0.367 e. The minimum atomic E-state index is -0.237. The van der Waals surface area contributed by atoms with E-state index in [2.05, 4.69) is 32.1 Å². The molecule has 0 saturated carbocycles. The summed E-state index contributed by atoms with van der Waals surface area (Å²) in [6, 6.07) is 15.1. The van der Waals surface area contributed by atoms with Crippen molar-refractivity contribution in [1.29, 1.82) is 5.26 Å². The average Bonchev–Trinajstić information content (AvgIpc) is 3.21. The summed E-state index contributed by atoms with van der Waals surface area (Å²) < 4.78 is 1.81. The zero-order chi connectivity index (χ0) is 19.6. The highest BCUT2D eigenvalue weighted by Crippen LogP contribution is 2.09. The van der Waals surface area contributed by atoms with E-state index in [1.165, 1.54) is 0 Å². The molecule has 0 aliphatic carbocycles. The van der Waals surface area contributed by atoms with Crippen molar-refractivity contribution in [2.24, 2.45) is 0 Å². The van der Waals surface area contributed by atoms with Crippen LogP contribution >= 0.6 is 0 Å². The minimum Gasteiger partial charge on any atom is -0.367 e. The fourth-order valence-corrected chi connectivity index (χ4v) is 2.59. The van der Waals surface area contributed by atoms with Crippen molar-refractivity contribution in [2.45, 2.75) is 6.42 Å². The Kier molecular flexibility index (Phi) is 6.57. The summed E-state index contributed by atoms with van der Waals surface area (Å²) >= 11 is 0. The van der Waals surface area contributed by atoms with Crippen molar-refractivity contribution in [3.63, 3.8) is 0 Å². The SMILES string of the molecule is N#Cc1cccnc1NCCNC(=O)NCCc1cnn(-c2ccccc2)c1. The van der Waals surface area contributed by atoms with Gasteiger partial charge in [-0.25, -0.2) is 14.5 Å². The van der Waals surface area contributed by atoms with Crippen molar-refractivity contribution < 1.29 is 4.79 Å². The van der Waals surface area contributed by atoms with Gasteiger partial charge in [-0.2, -0.15) is 10.4 Å². The van der Waals surface area contributed by atoms with Crippen LogP contribution in [-0.2, 0) is 6.42 Å². The third-order valence-corrected chi connectivity index (χ3v) is 3.99. The van der Waals surface area contributed by atoms with Gasteiger partial charge in [-0.1, -0.05) is 18.2 Å². The van der Waals surface area contributed by atoms with E-state index in [1.54, 1.807) is 24.5 Å². The number of urea groups is 1. The first-order chi connectivity index (χ1) is 13.8. The van der Waals surface area contributed by atoms with Gasteiger partial charge < -0.3 is 16.0 Å². The molecule has 0 unspecified atom stereocenters. The lowest BCUT2D eigenvalue weighted by Crippen LogP contribution is -2.38. The van der Waals surface area contributed by atoms with Gasteiger partial charge in [0.25, 0.3) is 0 Å². The second-order valence-electron chi connectivity index (χ2n) is 6.00. The van der Waals surface area contributed by atoms with E-state index in [-0.39, 0.29) is 6.03 Å². The Balaban J connectivity index is 1.34. The minimum absolute atomic E-state index is 0.237. The van der Waals surface area contributed by atoms with Crippen LogP contribution in [0, 0.1) is 11.3 Å². The number of aromatic nitrogens is 3. The van der Waals surface area contributed by atoms with Gasteiger partial charge in [-0.05, 0) is 36.2 Å². The molecule has 0 spiro atoms. The highest BCUT2D eigenvalue weighted by Gasteiger charge is 2.04. The molecule has 3 aromatic rings. The topological polar surface area (TPSA) is 108 Å². The normalized spacial score (nSPS) is 10.1. The van der Waals surface area contributed by atoms with Crippen LogP contribution in [0.1, 0.15) is 11.1 Å². The predicted octanol–water partition coefficient (Wildman–Crippen LogP) is 2.09. The summed E-state index contributed by atoms with van der Waals surface area (Å²) in [4.78, 5) is 16.0. The van der Waals surface area contributed by atoms with Gasteiger partial charge in [0.1, 0.15) is 11.9 Å². The molecule has 0 bridgehead atoms. The van der Waals surface area contributed by atoms with Crippen molar-refractivity contribution in [1.82, 2.24) is 25.4 Å². The molecule has 0 fully saturated rings. The van der Waals surface area contributed by atoms with Gasteiger partial charge in [0.15, 0.2) is 0 Å². The van der Waals surface area contributed by atoms with Crippen molar-refractivity contribution in [3.05, 3.63) is 72.2 Å². The van der Waals surface area contributed by atoms with E-state index in [0.717, 1.165) is 11.3 Å². The number of amides is 2. The van der Waals surface area contributed by atoms with Gasteiger partial charge in [0, 0.05) is 32.0 Å². The smallest absolute Gasteiger partial charge is 0.314 e. The number of para-hydroxylation sites is 1. The van der Waals surface area contributed by atoms with Crippen LogP contribution in [-0.4, -0.2) is 40.4 Å². The van der Waals surface area contributed by atoms with Crippen LogP contribution in [0.15, 0.2) is 61.1 Å². The number of nitrogens with one attached hydrogen (secondary N) is 3. The molecule has 28 heavy (non-hydrogen) atoms. The molecule has 2 heterocycles. The fourth-order valence-electron chi connectivity index (χ4n) is 2.59. The molecule has 3 rings (SSSR count). The molecule has 2 amide bonds. The summed E-state index contributed by atoms with van der Waals surface area (Å²) in [5, 5.41) is 22.0. The lowest BCUT2D eigenvalue weighted by atomic mass is 10.2. The summed E-state index contributed by atoms with van der Waals surface area (Å²) in [6.45, 7) is 1.40. The molecule has 1 aromatic carbocycles. The van der Waals surface area contributed by atoms with Crippen LogP contribution in [0.2, 0.25) is 0 Å². The zero-order valence-electron chi connectivity index (χ0n) is 15.3. The lowest BCUT2D eigenvalue weighted by Gasteiger charge is -2.09. The number of carbonyl (C=O) groups excluding carboxylic acids is 1. The number of nitriles is 1. The van der Waals surface area contributed by atoms with Gasteiger partial charge in [-0.3, -0.25) is 0 Å². The highest BCUT2D eigenvalue weighted by atomic mass is 16.2. The first-order valence-corrected chi connectivity index (χ1v) is 8.96. The molecule has 8 heteroatoms. The van der Waals surface area contributed by atoms with Crippen LogP contribution in [0.3, 0.4) is 0 Å². The molecule has 0 aliphatic rings. The third-order valence-electron chi connectivity index (χ3n) is 3.99. The Morgan fingerprint density at radius 3 is 2.71 bits per heavy atom. The number of anilines is 1. The number of rotatable bonds is 8. The maximum absolute atomic E-state index is 11.9. The van der Waals surface area contributed by atoms with Gasteiger partial charge in [0.2, 0.25) is 0 Å². The Bertz CT molecular complexity index is 946. The molecule has 2 aromatic heterocycles. The maximum Gasteiger partial charge on any atom is 0.314 e. The predicted molar refractivity (Wildman–Crippen MR) is 106 cm³/mol. The number of benzene rings is 1. The average molecular weight is 375 g/mol. The summed E-state index contributed by atoms with van der Waals surface area (Å²) in [7, 11) is 0. The summed E-state index contributed by atoms with van der Waals surface area (Å²) in [6.07, 6.45) is 6.07. The van der Waals surface area contributed by atoms with E-state index in [1.807, 2.05) is 41.2 Å². The second-order valence-corrected chi connectivity index (χ2v) is 6.00. The zero-order valence-corrected chi connectivity index (χ0v) is 15.3. The molecule has 0 saturated heterocycles. The van der Waals surface area contributed by atoms with Gasteiger partial charge >= 0.3 is 6.03 Å². The van der Waals surface area contributed by atoms with Crippen LogP contribution in [0.4, 0.5) is 10.6 Å². The fraction of sp³-hybridized carbons (Fsp3) is 0.200. The van der Waals surface area contributed by atoms with E-state index in [9.17, 15) is 4.79 Å². The Hall–Kier alpha value is -3.86. The van der Waals surface area contributed by atoms with Crippen LogP contribution in [0.5, 0.6) is 0 Å². The number of carbonyl (C=O) groups is 1. The van der Waals surface area contributed by atoms with E-state index in [0.29, 0.717) is 37.4 Å². The van der Waals surface area contributed by atoms with Crippen molar-refractivity contribution in [3.8, 4) is 11.8 Å². The number of hydrogen-bond acceptors (Lipinski definition) is 5. The third kappa shape index (κ3) is 5.32. The molecule has 0 aliphatic heterocycles. The quantitative estimate of drug-likeness (QED) is 0.523. The molecule has 3 N–H and O–H groups in total. The molecule has 0 atom stereocenters. The maximum atomic E-state index is 11.9. The van der Waals surface area contributed by atoms with Gasteiger partial charge in [0.05, 0.1) is 17.4 Å².